The van der Waals surface area contributed by atoms with Gasteiger partial charge in [0, 0.05) is 6.08 Å². The van der Waals surface area contributed by atoms with Gasteiger partial charge in [-0.1, -0.05) is 38.6 Å². The lowest BCUT2D eigenvalue weighted by Crippen LogP contribution is -2.09. The van der Waals surface area contributed by atoms with Gasteiger partial charge in [-0.05, 0) is 12.1 Å². The molecule has 0 fully saturated rings. The summed E-state index contributed by atoms with van der Waals surface area (Å²) in [6, 6.07) is 9.35. The Labute approximate surface area is 96.7 Å². The van der Waals surface area contributed by atoms with Gasteiger partial charge in [0.25, 0.3) is 0 Å². The summed E-state index contributed by atoms with van der Waals surface area (Å²) >= 11 is 0. The summed E-state index contributed by atoms with van der Waals surface area (Å²) in [5.74, 6) is 0.337. The van der Waals surface area contributed by atoms with Crippen molar-refractivity contribution in [1.29, 1.82) is 0 Å². The maximum atomic E-state index is 10.6. The highest BCUT2D eigenvalue weighted by Crippen LogP contribution is 2.07. The molecule has 0 saturated heterocycles. The molecule has 3 heteroatoms. The summed E-state index contributed by atoms with van der Waals surface area (Å²) in [6.45, 7) is 7.87. The summed E-state index contributed by atoms with van der Waals surface area (Å²) in [6.07, 6.45) is 1.13. The number of rotatable bonds is 5. The molecule has 88 valence electrons. The fourth-order valence-electron chi connectivity index (χ4n) is 0.877. The van der Waals surface area contributed by atoms with Gasteiger partial charge in [-0.3, -0.25) is 0 Å². The molecule has 0 heterocycles. The molecule has 0 aliphatic carbocycles. The molecule has 0 bridgehead atoms. The number of carbonyl (C=O) groups excluding carboxylic acids is 1. The second kappa shape index (κ2) is 9.77. The molecule has 0 amide bonds. The quantitative estimate of drug-likeness (QED) is 0.436. The van der Waals surface area contributed by atoms with Crippen molar-refractivity contribution in [2.75, 3.05) is 13.2 Å². The van der Waals surface area contributed by atoms with Crippen LogP contribution in [0.1, 0.15) is 13.8 Å². The van der Waals surface area contributed by atoms with Crippen molar-refractivity contribution < 1.29 is 14.3 Å². The van der Waals surface area contributed by atoms with Crippen LogP contribution in [0.4, 0.5) is 0 Å². The Morgan fingerprint density at radius 2 is 1.88 bits per heavy atom. The molecular formula is C13H18O3. The van der Waals surface area contributed by atoms with Crippen molar-refractivity contribution >= 4 is 5.97 Å². The first-order chi connectivity index (χ1) is 7.83. The Morgan fingerprint density at radius 3 is 2.44 bits per heavy atom. The van der Waals surface area contributed by atoms with Crippen LogP contribution in [0.5, 0.6) is 5.75 Å². The largest absolute Gasteiger partial charge is 0.490 e. The van der Waals surface area contributed by atoms with Gasteiger partial charge in [-0.25, -0.2) is 4.79 Å². The molecule has 0 radical (unpaired) electrons. The molecule has 0 aliphatic heterocycles. The lowest BCUT2D eigenvalue weighted by molar-refractivity contribution is -0.138. The average molecular weight is 222 g/mol. The molecule has 16 heavy (non-hydrogen) atoms. The fraction of sp³-hybridized carbons (Fsp3) is 0.308. The number of hydrogen-bond acceptors (Lipinski definition) is 3. The maximum Gasteiger partial charge on any atom is 0.330 e. The number of hydrogen-bond donors (Lipinski definition) is 0. The highest BCUT2D eigenvalue weighted by atomic mass is 16.6. The zero-order valence-electron chi connectivity index (χ0n) is 9.81. The SMILES string of the molecule is C=CC(=O)OCCOc1ccccc1.CC. The summed E-state index contributed by atoms with van der Waals surface area (Å²) in [4.78, 5) is 10.6. The fourth-order valence-corrected chi connectivity index (χ4v) is 0.877. The third-order valence-corrected chi connectivity index (χ3v) is 1.51. The Bertz CT molecular complexity index is 293. The van der Waals surface area contributed by atoms with Crippen LogP contribution in [0.2, 0.25) is 0 Å². The Morgan fingerprint density at radius 1 is 1.25 bits per heavy atom. The minimum absolute atomic E-state index is 0.236. The van der Waals surface area contributed by atoms with E-state index in [1.165, 1.54) is 0 Å². The third-order valence-electron chi connectivity index (χ3n) is 1.51. The van der Waals surface area contributed by atoms with Gasteiger partial charge in [-0.2, -0.15) is 0 Å². The molecule has 0 spiro atoms. The smallest absolute Gasteiger partial charge is 0.330 e. The number of ether oxygens (including phenoxy) is 2. The molecule has 3 nitrogen and oxygen atoms in total. The van der Waals surface area contributed by atoms with E-state index in [0.717, 1.165) is 11.8 Å². The highest BCUT2D eigenvalue weighted by molar-refractivity contribution is 5.81. The molecule has 0 aromatic heterocycles. The van der Waals surface area contributed by atoms with Crippen molar-refractivity contribution in [3.63, 3.8) is 0 Å². The minimum atomic E-state index is -0.429. The Balaban J connectivity index is 0.00000106. The topological polar surface area (TPSA) is 35.5 Å². The number of benzene rings is 1. The third kappa shape index (κ3) is 6.65. The van der Waals surface area contributed by atoms with Gasteiger partial charge in [0.2, 0.25) is 0 Å². The van der Waals surface area contributed by atoms with E-state index in [-0.39, 0.29) is 6.61 Å². The van der Waals surface area contributed by atoms with Crippen LogP contribution in [-0.2, 0) is 9.53 Å². The molecule has 1 aromatic rings. The van der Waals surface area contributed by atoms with Gasteiger partial charge in [0.1, 0.15) is 19.0 Å². The first kappa shape index (κ1) is 14.2. The van der Waals surface area contributed by atoms with Crippen molar-refractivity contribution in [1.82, 2.24) is 0 Å². The molecular weight excluding hydrogens is 204 g/mol. The summed E-state index contributed by atoms with van der Waals surface area (Å²) < 4.78 is 10.0. The number of para-hydroxylation sites is 1. The highest BCUT2D eigenvalue weighted by Gasteiger charge is 1.95. The monoisotopic (exact) mass is 222 g/mol. The number of esters is 1. The lowest BCUT2D eigenvalue weighted by atomic mass is 10.3. The van der Waals surface area contributed by atoms with E-state index in [2.05, 4.69) is 6.58 Å². The van der Waals surface area contributed by atoms with Gasteiger partial charge >= 0.3 is 5.97 Å². The maximum absolute atomic E-state index is 10.6. The Hall–Kier alpha value is -1.77. The normalized spacial score (nSPS) is 8.38. The van der Waals surface area contributed by atoms with Gasteiger partial charge in [0.05, 0.1) is 0 Å². The second-order valence-electron chi connectivity index (χ2n) is 2.53. The Kier molecular flexibility index (Phi) is 8.69. The van der Waals surface area contributed by atoms with Crippen molar-refractivity contribution in [3.05, 3.63) is 43.0 Å². The van der Waals surface area contributed by atoms with Crippen LogP contribution in [0.3, 0.4) is 0 Å². The molecule has 1 rings (SSSR count). The molecule has 0 saturated carbocycles. The summed E-state index contributed by atoms with van der Waals surface area (Å²) in [7, 11) is 0. The predicted octanol–water partition coefficient (Wildman–Crippen LogP) is 2.82. The molecule has 0 N–H and O–H groups in total. The van der Waals surface area contributed by atoms with Crippen LogP contribution >= 0.6 is 0 Å². The predicted molar refractivity (Wildman–Crippen MR) is 64.4 cm³/mol. The van der Waals surface area contributed by atoms with E-state index in [4.69, 9.17) is 9.47 Å². The summed E-state index contributed by atoms with van der Waals surface area (Å²) in [5.41, 5.74) is 0. The van der Waals surface area contributed by atoms with Crippen LogP contribution in [0.25, 0.3) is 0 Å². The van der Waals surface area contributed by atoms with E-state index in [1.54, 1.807) is 0 Å². The van der Waals surface area contributed by atoms with Gasteiger partial charge in [0.15, 0.2) is 0 Å². The molecule has 0 unspecified atom stereocenters. The zero-order chi connectivity index (χ0) is 12.2. The van der Waals surface area contributed by atoms with Crippen LogP contribution in [0, 0.1) is 0 Å². The molecule has 0 atom stereocenters. The van der Waals surface area contributed by atoms with E-state index >= 15 is 0 Å². The van der Waals surface area contributed by atoms with E-state index in [1.807, 2.05) is 44.2 Å². The van der Waals surface area contributed by atoms with Gasteiger partial charge < -0.3 is 9.47 Å². The number of carbonyl (C=O) groups is 1. The standard InChI is InChI=1S/C11H12O3.C2H6/c1-2-11(12)14-9-8-13-10-6-4-3-5-7-10;1-2/h2-7H,1,8-9H2;1-2H3. The van der Waals surface area contributed by atoms with Crippen LogP contribution in [0.15, 0.2) is 43.0 Å². The van der Waals surface area contributed by atoms with E-state index in [9.17, 15) is 4.79 Å². The van der Waals surface area contributed by atoms with Crippen LogP contribution in [-0.4, -0.2) is 19.2 Å². The minimum Gasteiger partial charge on any atom is -0.490 e. The summed E-state index contributed by atoms with van der Waals surface area (Å²) in [5, 5.41) is 0. The van der Waals surface area contributed by atoms with Gasteiger partial charge in [-0.15, -0.1) is 0 Å². The molecule has 0 aliphatic rings. The lowest BCUT2D eigenvalue weighted by Gasteiger charge is -2.05. The first-order valence-corrected chi connectivity index (χ1v) is 5.30. The van der Waals surface area contributed by atoms with Crippen molar-refractivity contribution in [2.24, 2.45) is 0 Å². The van der Waals surface area contributed by atoms with Crippen LogP contribution < -0.4 is 4.74 Å². The van der Waals surface area contributed by atoms with Crippen molar-refractivity contribution in [2.45, 2.75) is 13.8 Å². The second-order valence-corrected chi connectivity index (χ2v) is 2.53. The molecule has 1 aromatic carbocycles. The first-order valence-electron chi connectivity index (χ1n) is 5.30. The van der Waals surface area contributed by atoms with E-state index < -0.39 is 5.97 Å². The van der Waals surface area contributed by atoms with E-state index in [0.29, 0.717) is 6.61 Å². The zero-order valence-corrected chi connectivity index (χ0v) is 9.81. The van der Waals surface area contributed by atoms with Crippen molar-refractivity contribution in [3.8, 4) is 5.75 Å². The average Bonchev–Trinajstić information content (AvgIpc) is 2.38.